The number of thiophene rings is 1. The standard InChI is InChI=1S/C18H27NS/c1-16-5-13-6-17(2,10-16)12-18(7-13,11-16)8-15(19)14-3-4-20-9-14/h3-4,9,13,15H,5-8,10-12,19H2,1-2H3. The van der Waals surface area contributed by atoms with E-state index in [1.54, 1.807) is 11.3 Å². The molecule has 4 saturated carbocycles. The van der Waals surface area contributed by atoms with E-state index in [-0.39, 0.29) is 6.04 Å². The zero-order valence-corrected chi connectivity index (χ0v) is 13.6. The Hall–Kier alpha value is -0.340. The first-order valence-electron chi connectivity index (χ1n) is 8.17. The number of nitrogens with two attached hydrogens (primary N) is 1. The molecule has 0 amide bonds. The van der Waals surface area contributed by atoms with Gasteiger partial charge in [-0.05, 0) is 89.5 Å². The third-order valence-corrected chi connectivity index (χ3v) is 7.07. The number of rotatable bonds is 3. The summed E-state index contributed by atoms with van der Waals surface area (Å²) in [4.78, 5) is 0. The SMILES string of the molecule is CC12CC3CC(C)(C1)CC(CC(N)c1ccsc1)(C3)C2. The van der Waals surface area contributed by atoms with Gasteiger partial charge >= 0.3 is 0 Å². The van der Waals surface area contributed by atoms with E-state index in [4.69, 9.17) is 5.73 Å². The van der Waals surface area contributed by atoms with Crippen LogP contribution in [0, 0.1) is 22.2 Å². The zero-order chi connectivity index (χ0) is 14.0. The fourth-order valence-corrected chi connectivity index (χ4v) is 7.71. The molecule has 3 atom stereocenters. The maximum atomic E-state index is 6.55. The molecule has 4 bridgehead atoms. The first-order chi connectivity index (χ1) is 9.40. The van der Waals surface area contributed by atoms with Crippen molar-refractivity contribution >= 4 is 11.3 Å². The molecule has 4 aliphatic carbocycles. The van der Waals surface area contributed by atoms with Crippen molar-refractivity contribution in [3.8, 4) is 0 Å². The number of hydrogen-bond acceptors (Lipinski definition) is 2. The lowest BCUT2D eigenvalue weighted by molar-refractivity contribution is -0.149. The molecule has 5 rings (SSSR count). The van der Waals surface area contributed by atoms with Crippen molar-refractivity contribution in [2.75, 3.05) is 0 Å². The summed E-state index contributed by atoms with van der Waals surface area (Å²) in [5.41, 5.74) is 9.69. The predicted octanol–water partition coefficient (Wildman–Crippen LogP) is 5.13. The Kier molecular flexibility index (Phi) is 2.74. The fraction of sp³-hybridized carbons (Fsp3) is 0.778. The molecule has 2 heteroatoms. The smallest absolute Gasteiger partial charge is 0.0308 e. The Morgan fingerprint density at radius 1 is 1.20 bits per heavy atom. The molecular weight excluding hydrogens is 262 g/mol. The minimum Gasteiger partial charge on any atom is -0.324 e. The first-order valence-corrected chi connectivity index (χ1v) is 9.12. The van der Waals surface area contributed by atoms with E-state index >= 15 is 0 Å². The molecule has 2 N–H and O–H groups in total. The van der Waals surface area contributed by atoms with Gasteiger partial charge in [0.2, 0.25) is 0 Å². The molecule has 0 saturated heterocycles. The molecule has 0 aliphatic heterocycles. The third kappa shape index (κ3) is 2.07. The van der Waals surface area contributed by atoms with Gasteiger partial charge in [-0.3, -0.25) is 0 Å². The highest BCUT2D eigenvalue weighted by Gasteiger charge is 2.59. The van der Waals surface area contributed by atoms with Crippen LogP contribution in [-0.4, -0.2) is 0 Å². The van der Waals surface area contributed by atoms with Crippen LogP contribution >= 0.6 is 11.3 Å². The Balaban J connectivity index is 1.61. The normalized spacial score (nSPS) is 47.6. The summed E-state index contributed by atoms with van der Waals surface area (Å²) in [5.74, 6) is 0.982. The van der Waals surface area contributed by atoms with E-state index in [2.05, 4.69) is 30.7 Å². The third-order valence-electron chi connectivity index (χ3n) is 6.37. The van der Waals surface area contributed by atoms with Gasteiger partial charge < -0.3 is 5.73 Å². The highest BCUT2D eigenvalue weighted by Crippen LogP contribution is 2.70. The molecule has 110 valence electrons. The lowest BCUT2D eigenvalue weighted by Crippen LogP contribution is -2.55. The van der Waals surface area contributed by atoms with Crippen molar-refractivity contribution < 1.29 is 0 Å². The highest BCUT2D eigenvalue weighted by atomic mass is 32.1. The summed E-state index contributed by atoms with van der Waals surface area (Å²) < 4.78 is 0. The van der Waals surface area contributed by atoms with Crippen molar-refractivity contribution in [2.45, 2.75) is 64.8 Å². The molecule has 1 aromatic heterocycles. The summed E-state index contributed by atoms with van der Waals surface area (Å²) in [6.45, 7) is 5.11. The van der Waals surface area contributed by atoms with Gasteiger partial charge in [0.25, 0.3) is 0 Å². The van der Waals surface area contributed by atoms with Gasteiger partial charge in [0, 0.05) is 6.04 Å². The van der Waals surface area contributed by atoms with Gasteiger partial charge in [0.15, 0.2) is 0 Å². The van der Waals surface area contributed by atoms with Crippen LogP contribution in [0.1, 0.15) is 70.4 Å². The Morgan fingerprint density at radius 3 is 2.45 bits per heavy atom. The molecule has 0 spiro atoms. The average molecular weight is 289 g/mol. The van der Waals surface area contributed by atoms with Gasteiger partial charge in [0.05, 0.1) is 0 Å². The van der Waals surface area contributed by atoms with Crippen molar-refractivity contribution in [3.63, 3.8) is 0 Å². The van der Waals surface area contributed by atoms with Gasteiger partial charge in [-0.15, -0.1) is 0 Å². The summed E-state index contributed by atoms with van der Waals surface area (Å²) >= 11 is 1.78. The van der Waals surface area contributed by atoms with Crippen LogP contribution in [-0.2, 0) is 0 Å². The average Bonchev–Trinajstić information content (AvgIpc) is 2.75. The molecule has 0 aromatic carbocycles. The topological polar surface area (TPSA) is 26.0 Å². The largest absolute Gasteiger partial charge is 0.324 e. The van der Waals surface area contributed by atoms with Crippen LogP contribution < -0.4 is 5.73 Å². The Labute approximate surface area is 127 Å². The molecule has 4 aliphatic rings. The molecule has 0 radical (unpaired) electrons. The van der Waals surface area contributed by atoms with Crippen molar-refractivity contribution in [1.82, 2.24) is 0 Å². The summed E-state index contributed by atoms with van der Waals surface area (Å²) in [6.07, 6.45) is 9.97. The minimum absolute atomic E-state index is 0.254. The second-order valence-electron chi connectivity index (χ2n) is 9.00. The van der Waals surface area contributed by atoms with Crippen LogP contribution in [0.25, 0.3) is 0 Å². The van der Waals surface area contributed by atoms with E-state index < -0.39 is 0 Å². The second kappa shape index (κ2) is 4.10. The van der Waals surface area contributed by atoms with Gasteiger partial charge in [-0.1, -0.05) is 13.8 Å². The maximum Gasteiger partial charge on any atom is 0.0308 e. The Bertz CT molecular complexity index is 487. The van der Waals surface area contributed by atoms with Gasteiger partial charge in [-0.25, -0.2) is 0 Å². The van der Waals surface area contributed by atoms with E-state index in [9.17, 15) is 0 Å². The summed E-state index contributed by atoms with van der Waals surface area (Å²) in [6, 6.07) is 2.48. The number of hydrogen-bond donors (Lipinski definition) is 1. The molecule has 3 unspecified atom stereocenters. The quantitative estimate of drug-likeness (QED) is 0.819. The monoisotopic (exact) mass is 289 g/mol. The van der Waals surface area contributed by atoms with Gasteiger partial charge in [-0.2, -0.15) is 11.3 Å². The first kappa shape index (κ1) is 13.3. The molecule has 1 heterocycles. The van der Waals surface area contributed by atoms with Crippen LogP contribution in [0.2, 0.25) is 0 Å². The lowest BCUT2D eigenvalue weighted by atomic mass is 9.39. The van der Waals surface area contributed by atoms with E-state index in [1.807, 2.05) is 0 Å². The lowest BCUT2D eigenvalue weighted by Gasteiger charge is -2.66. The minimum atomic E-state index is 0.254. The highest BCUT2D eigenvalue weighted by molar-refractivity contribution is 7.07. The molecule has 20 heavy (non-hydrogen) atoms. The molecule has 1 nitrogen and oxygen atoms in total. The van der Waals surface area contributed by atoms with Crippen LogP contribution in [0.15, 0.2) is 16.8 Å². The summed E-state index contributed by atoms with van der Waals surface area (Å²) in [5, 5.41) is 4.41. The van der Waals surface area contributed by atoms with Crippen LogP contribution in [0.5, 0.6) is 0 Å². The zero-order valence-electron chi connectivity index (χ0n) is 12.8. The van der Waals surface area contributed by atoms with E-state index in [0.29, 0.717) is 16.2 Å². The van der Waals surface area contributed by atoms with E-state index in [0.717, 1.165) is 5.92 Å². The molecular formula is C18H27NS. The maximum absolute atomic E-state index is 6.55. The van der Waals surface area contributed by atoms with Gasteiger partial charge in [0.1, 0.15) is 0 Å². The van der Waals surface area contributed by atoms with Crippen molar-refractivity contribution in [1.29, 1.82) is 0 Å². The summed E-state index contributed by atoms with van der Waals surface area (Å²) in [7, 11) is 0. The predicted molar refractivity (Wildman–Crippen MR) is 85.7 cm³/mol. The van der Waals surface area contributed by atoms with Crippen molar-refractivity contribution in [2.24, 2.45) is 27.9 Å². The van der Waals surface area contributed by atoms with Crippen LogP contribution in [0.4, 0.5) is 0 Å². The van der Waals surface area contributed by atoms with Crippen LogP contribution in [0.3, 0.4) is 0 Å². The molecule has 1 aromatic rings. The molecule has 4 fully saturated rings. The van der Waals surface area contributed by atoms with Crippen molar-refractivity contribution in [3.05, 3.63) is 22.4 Å². The van der Waals surface area contributed by atoms with E-state index in [1.165, 1.54) is 50.5 Å². The second-order valence-corrected chi connectivity index (χ2v) is 9.78. The fourth-order valence-electron chi connectivity index (χ4n) is 6.98. The Morgan fingerprint density at radius 2 is 1.90 bits per heavy atom.